The molecule has 1 aromatic heterocycles. The van der Waals surface area contributed by atoms with Gasteiger partial charge in [0.1, 0.15) is 24.7 Å². The lowest BCUT2D eigenvalue weighted by Gasteiger charge is -2.38. The largest absolute Gasteiger partial charge is 0.491 e. The molecule has 2 aliphatic rings. The van der Waals surface area contributed by atoms with E-state index in [0.29, 0.717) is 12.3 Å². The third kappa shape index (κ3) is 4.92. The van der Waals surface area contributed by atoms with E-state index in [-0.39, 0.29) is 48.8 Å². The summed E-state index contributed by atoms with van der Waals surface area (Å²) in [5.74, 6) is 0.217. The fourth-order valence-corrected chi connectivity index (χ4v) is 5.01. The van der Waals surface area contributed by atoms with Crippen LogP contribution in [0.5, 0.6) is 5.75 Å². The Morgan fingerprint density at radius 2 is 2.13 bits per heavy atom. The number of hydrogen-bond donors (Lipinski definition) is 0. The van der Waals surface area contributed by atoms with Gasteiger partial charge in [-0.15, -0.1) is 11.3 Å². The van der Waals surface area contributed by atoms with E-state index in [2.05, 4.69) is 0 Å². The number of hydrogen-bond acceptors (Lipinski definition) is 4. The number of nitrogens with zero attached hydrogens (tertiary/aromatic N) is 2. The first-order chi connectivity index (χ1) is 15.0. The highest BCUT2D eigenvalue weighted by Crippen LogP contribution is 2.35. The summed E-state index contributed by atoms with van der Waals surface area (Å²) in [5, 5.41) is 2.04. The van der Waals surface area contributed by atoms with Crippen molar-refractivity contribution in [2.75, 3.05) is 19.7 Å². The van der Waals surface area contributed by atoms with Crippen LogP contribution in [0, 0.1) is 11.7 Å². The van der Waals surface area contributed by atoms with Crippen molar-refractivity contribution in [2.45, 2.75) is 51.6 Å². The van der Waals surface area contributed by atoms with Crippen LogP contribution < -0.4 is 4.74 Å². The molecule has 0 N–H and O–H groups in total. The van der Waals surface area contributed by atoms with Crippen molar-refractivity contribution in [3.05, 3.63) is 52.0 Å². The van der Waals surface area contributed by atoms with Crippen molar-refractivity contribution in [3.8, 4) is 5.75 Å². The van der Waals surface area contributed by atoms with Crippen LogP contribution >= 0.6 is 11.3 Å². The van der Waals surface area contributed by atoms with Gasteiger partial charge in [0.2, 0.25) is 11.8 Å². The summed E-state index contributed by atoms with van der Waals surface area (Å²) in [6.07, 6.45) is 3.46. The number of carbonyl (C=O) groups is 2. The van der Waals surface area contributed by atoms with E-state index in [9.17, 15) is 14.0 Å². The van der Waals surface area contributed by atoms with E-state index in [1.807, 2.05) is 30.2 Å². The molecule has 1 saturated carbocycles. The summed E-state index contributed by atoms with van der Waals surface area (Å²) >= 11 is 1.69. The predicted octanol–water partition coefficient (Wildman–Crippen LogP) is 4.43. The number of fused-ring (bicyclic) bond motifs is 1. The zero-order chi connectivity index (χ0) is 22.0. The lowest BCUT2D eigenvalue weighted by atomic mass is 10.00. The van der Waals surface area contributed by atoms with E-state index >= 15 is 0 Å². The molecule has 0 radical (unpaired) electrons. The summed E-state index contributed by atoms with van der Waals surface area (Å²) in [5.41, 5.74) is 1.09. The minimum Gasteiger partial charge on any atom is -0.491 e. The molecule has 1 fully saturated rings. The summed E-state index contributed by atoms with van der Waals surface area (Å²) in [6.45, 7) is 4.98. The second-order valence-corrected chi connectivity index (χ2v) is 9.42. The maximum absolute atomic E-state index is 13.5. The SMILES string of the molecule is CC[C@H](C)N(CC(=O)N1CCc2sccc2[C@@H]1COc1cccc(F)c1)C(=O)C1CC1. The smallest absolute Gasteiger partial charge is 0.242 e. The van der Waals surface area contributed by atoms with E-state index in [1.54, 1.807) is 28.4 Å². The third-order valence-electron chi connectivity index (χ3n) is 6.26. The summed E-state index contributed by atoms with van der Waals surface area (Å²) in [7, 11) is 0. The van der Waals surface area contributed by atoms with Crippen LogP contribution in [-0.4, -0.2) is 47.4 Å². The van der Waals surface area contributed by atoms with Gasteiger partial charge in [-0.1, -0.05) is 13.0 Å². The molecule has 5 nitrogen and oxygen atoms in total. The predicted molar refractivity (Wildman–Crippen MR) is 119 cm³/mol. The minimum atomic E-state index is -0.354. The van der Waals surface area contributed by atoms with Crippen LogP contribution in [0.3, 0.4) is 0 Å². The number of halogens is 1. The Labute approximate surface area is 186 Å². The van der Waals surface area contributed by atoms with Crippen molar-refractivity contribution in [1.29, 1.82) is 0 Å². The normalized spacial score (nSPS) is 18.9. The molecule has 2 heterocycles. The van der Waals surface area contributed by atoms with Gasteiger partial charge in [-0.2, -0.15) is 0 Å². The molecule has 2 atom stereocenters. The monoisotopic (exact) mass is 444 g/mol. The van der Waals surface area contributed by atoms with Crippen molar-refractivity contribution < 1.29 is 18.7 Å². The standard InChI is InChI=1S/C24H29FN2O3S/c1-3-16(2)27(24(29)17-7-8-17)14-23(28)26-11-9-22-20(10-12-31-22)21(26)15-30-19-6-4-5-18(25)13-19/h4-6,10,12-13,16-17,21H,3,7-9,11,14-15H2,1-2H3/t16-,21-/m0/s1. The molecule has 166 valence electrons. The Morgan fingerprint density at radius 1 is 1.32 bits per heavy atom. The molecule has 1 aliphatic carbocycles. The molecule has 31 heavy (non-hydrogen) atoms. The van der Waals surface area contributed by atoms with Crippen LogP contribution in [-0.2, 0) is 16.0 Å². The summed E-state index contributed by atoms with van der Waals surface area (Å²) in [4.78, 5) is 31.1. The molecule has 0 bridgehead atoms. The Morgan fingerprint density at radius 3 is 2.84 bits per heavy atom. The van der Waals surface area contributed by atoms with Gasteiger partial charge >= 0.3 is 0 Å². The van der Waals surface area contributed by atoms with Crippen molar-refractivity contribution in [1.82, 2.24) is 9.80 Å². The van der Waals surface area contributed by atoms with Gasteiger partial charge < -0.3 is 14.5 Å². The Balaban J connectivity index is 1.51. The Hall–Kier alpha value is -2.41. The quantitative estimate of drug-likeness (QED) is 0.605. The first-order valence-corrected chi connectivity index (χ1v) is 11.9. The molecule has 1 aliphatic heterocycles. The molecule has 2 amide bonds. The Bertz CT molecular complexity index is 942. The molecule has 0 unspecified atom stereocenters. The molecule has 1 aromatic carbocycles. The second kappa shape index (κ2) is 9.39. The van der Waals surface area contributed by atoms with Gasteiger partial charge in [0.15, 0.2) is 0 Å². The number of ether oxygens (including phenoxy) is 1. The summed E-state index contributed by atoms with van der Waals surface area (Å²) < 4.78 is 19.4. The van der Waals surface area contributed by atoms with Crippen LogP contribution in [0.1, 0.15) is 49.6 Å². The highest BCUT2D eigenvalue weighted by atomic mass is 32.1. The summed E-state index contributed by atoms with van der Waals surface area (Å²) in [6, 6.07) is 7.87. The van der Waals surface area contributed by atoms with Crippen molar-refractivity contribution in [2.24, 2.45) is 5.92 Å². The zero-order valence-corrected chi connectivity index (χ0v) is 18.9. The van der Waals surface area contributed by atoms with Gasteiger partial charge in [0, 0.05) is 29.4 Å². The van der Waals surface area contributed by atoms with Crippen molar-refractivity contribution >= 4 is 23.2 Å². The van der Waals surface area contributed by atoms with E-state index < -0.39 is 0 Å². The fourth-order valence-electron chi connectivity index (χ4n) is 4.08. The molecule has 2 aromatic rings. The van der Waals surface area contributed by atoms with Gasteiger partial charge in [-0.25, -0.2) is 4.39 Å². The number of benzene rings is 1. The lowest BCUT2D eigenvalue weighted by molar-refractivity contribution is -0.145. The highest BCUT2D eigenvalue weighted by Gasteiger charge is 2.38. The number of thiophene rings is 1. The average molecular weight is 445 g/mol. The minimum absolute atomic E-state index is 0.0283. The van der Waals surface area contributed by atoms with Crippen LogP contribution in [0.4, 0.5) is 4.39 Å². The lowest BCUT2D eigenvalue weighted by Crippen LogP contribution is -2.50. The molecule has 0 spiro atoms. The average Bonchev–Trinajstić information content (AvgIpc) is 3.51. The van der Waals surface area contributed by atoms with Gasteiger partial charge in [0.05, 0.1) is 6.04 Å². The third-order valence-corrected chi connectivity index (χ3v) is 7.25. The first kappa shape index (κ1) is 21.8. The van der Waals surface area contributed by atoms with E-state index in [0.717, 1.165) is 31.2 Å². The molecule has 4 rings (SSSR count). The molecule has 7 heteroatoms. The Kier molecular flexibility index (Phi) is 6.60. The van der Waals surface area contributed by atoms with Gasteiger partial charge in [-0.05, 0) is 61.7 Å². The second-order valence-electron chi connectivity index (χ2n) is 8.42. The highest BCUT2D eigenvalue weighted by molar-refractivity contribution is 7.10. The first-order valence-electron chi connectivity index (χ1n) is 11.0. The van der Waals surface area contributed by atoms with E-state index in [4.69, 9.17) is 4.74 Å². The van der Waals surface area contributed by atoms with Crippen LogP contribution in [0.2, 0.25) is 0 Å². The van der Waals surface area contributed by atoms with Gasteiger partial charge in [-0.3, -0.25) is 9.59 Å². The maximum atomic E-state index is 13.5. The van der Waals surface area contributed by atoms with Crippen LogP contribution in [0.15, 0.2) is 35.7 Å². The molecular weight excluding hydrogens is 415 g/mol. The van der Waals surface area contributed by atoms with E-state index in [1.165, 1.54) is 17.0 Å². The zero-order valence-electron chi connectivity index (χ0n) is 18.1. The number of rotatable bonds is 8. The number of amides is 2. The van der Waals surface area contributed by atoms with Gasteiger partial charge in [0.25, 0.3) is 0 Å². The molecular formula is C24H29FN2O3S. The topological polar surface area (TPSA) is 49.9 Å². The number of carbonyl (C=O) groups excluding carboxylic acids is 2. The van der Waals surface area contributed by atoms with Crippen molar-refractivity contribution in [3.63, 3.8) is 0 Å². The fraction of sp³-hybridized carbons (Fsp3) is 0.500. The van der Waals surface area contributed by atoms with Crippen LogP contribution in [0.25, 0.3) is 0 Å². The maximum Gasteiger partial charge on any atom is 0.242 e. The molecule has 0 saturated heterocycles.